The first kappa shape index (κ1) is 22.8. The molecule has 1 heterocycles. The Kier molecular flexibility index (Phi) is 9.70. The van der Waals surface area contributed by atoms with Crippen molar-refractivity contribution in [1.82, 2.24) is 9.71 Å². The number of unbranched alkanes of at least 4 members (excludes halogenated alkanes) is 3. The summed E-state index contributed by atoms with van der Waals surface area (Å²) in [6.07, 6.45) is 16.3. The van der Waals surface area contributed by atoms with Crippen LogP contribution >= 0.6 is 11.9 Å². The summed E-state index contributed by atoms with van der Waals surface area (Å²) in [5, 5.41) is 6.15. The number of pyridine rings is 1. The van der Waals surface area contributed by atoms with Gasteiger partial charge in [0.05, 0.1) is 0 Å². The van der Waals surface area contributed by atoms with Crippen LogP contribution < -0.4 is 26.2 Å². The van der Waals surface area contributed by atoms with Crippen LogP contribution in [-0.4, -0.2) is 23.8 Å². The van der Waals surface area contributed by atoms with E-state index in [4.69, 9.17) is 0 Å². The Morgan fingerprint density at radius 2 is 1.63 bits per heavy atom. The molecule has 0 spiro atoms. The molecule has 1 fully saturated rings. The van der Waals surface area contributed by atoms with E-state index in [1.165, 1.54) is 51.4 Å². The summed E-state index contributed by atoms with van der Waals surface area (Å²) in [6, 6.07) is 3.53. The van der Waals surface area contributed by atoms with E-state index in [2.05, 4.69) is 20.3 Å². The predicted octanol–water partition coefficient (Wildman–Crippen LogP) is 4.60. The number of hydrogen-bond acceptors (Lipinski definition) is 7. The summed E-state index contributed by atoms with van der Waals surface area (Å²) >= 11 is 1.86. The number of hydrogen-bond donors (Lipinski definition) is 3. The first-order chi connectivity index (χ1) is 14.8. The lowest BCUT2D eigenvalue weighted by Gasteiger charge is -2.21. The Hall–Kier alpha value is -1.86. The van der Waals surface area contributed by atoms with Gasteiger partial charge >= 0.3 is 0 Å². The second-order valence-electron chi connectivity index (χ2n) is 8.15. The largest absolute Gasteiger partial charge is 0.380 e. The SMILES string of the molecule is O=c1c(NCCCCCCSNCCC2CCCCC2)c(Nc2ccncc2)c1=O. The molecule has 0 bridgehead atoms. The molecule has 2 aromatic rings. The molecule has 6 nitrogen and oxygen atoms in total. The zero-order chi connectivity index (χ0) is 21.0. The fourth-order valence-electron chi connectivity index (χ4n) is 4.01. The third kappa shape index (κ3) is 7.13. The fraction of sp³-hybridized carbons (Fsp3) is 0.609. The van der Waals surface area contributed by atoms with Crippen molar-refractivity contribution in [3.8, 4) is 0 Å². The third-order valence-electron chi connectivity index (χ3n) is 5.82. The highest BCUT2D eigenvalue weighted by Gasteiger charge is 2.20. The van der Waals surface area contributed by atoms with Crippen molar-refractivity contribution in [1.29, 1.82) is 0 Å². The number of nitrogens with one attached hydrogen (secondary N) is 3. The lowest BCUT2D eigenvalue weighted by atomic mass is 9.87. The standard InChI is InChI=1S/C23H34N4O2S/c28-22-20(21(23(22)29)27-19-11-14-24-15-12-19)25-13-6-1-2-7-17-30-26-16-10-18-8-4-3-5-9-18/h11-12,14-15,18,25-26H,1-10,13,16-17H2,(H,24,27). The van der Waals surface area contributed by atoms with Gasteiger partial charge in [0.2, 0.25) is 0 Å². The van der Waals surface area contributed by atoms with E-state index in [0.717, 1.165) is 36.7 Å². The van der Waals surface area contributed by atoms with Crippen LogP contribution in [0.1, 0.15) is 64.2 Å². The minimum absolute atomic E-state index is 0.363. The number of aromatic nitrogens is 1. The molecule has 0 radical (unpaired) electrons. The lowest BCUT2D eigenvalue weighted by molar-refractivity contribution is 0.341. The number of nitrogens with zero attached hydrogens (tertiary/aromatic N) is 1. The van der Waals surface area contributed by atoms with Gasteiger partial charge in [0, 0.05) is 36.9 Å². The Morgan fingerprint density at radius 3 is 2.43 bits per heavy atom. The third-order valence-corrected chi connectivity index (χ3v) is 6.72. The normalized spacial score (nSPS) is 14.8. The van der Waals surface area contributed by atoms with Gasteiger partial charge in [0.15, 0.2) is 0 Å². The first-order valence-corrected chi connectivity index (χ1v) is 12.3. The van der Waals surface area contributed by atoms with Gasteiger partial charge in [-0.25, -0.2) is 0 Å². The van der Waals surface area contributed by atoms with Crippen LogP contribution in [0.5, 0.6) is 0 Å². The molecule has 1 aliphatic rings. The molecule has 0 saturated heterocycles. The second-order valence-corrected chi connectivity index (χ2v) is 9.13. The Morgan fingerprint density at radius 1 is 0.900 bits per heavy atom. The average Bonchev–Trinajstić information content (AvgIpc) is 2.80. The molecule has 0 aliphatic heterocycles. The van der Waals surface area contributed by atoms with E-state index in [9.17, 15) is 9.59 Å². The molecule has 1 aromatic carbocycles. The summed E-state index contributed by atoms with van der Waals surface area (Å²) in [5.41, 5.74) is 0.644. The highest BCUT2D eigenvalue weighted by molar-refractivity contribution is 7.97. The molecule has 3 N–H and O–H groups in total. The average molecular weight is 431 g/mol. The van der Waals surface area contributed by atoms with E-state index < -0.39 is 10.9 Å². The van der Waals surface area contributed by atoms with E-state index in [0.29, 0.717) is 17.9 Å². The molecular formula is C23H34N4O2S. The Labute approximate surface area is 183 Å². The molecule has 7 heteroatoms. The van der Waals surface area contributed by atoms with Crippen molar-refractivity contribution < 1.29 is 0 Å². The number of rotatable bonds is 14. The predicted molar refractivity (Wildman–Crippen MR) is 127 cm³/mol. The van der Waals surface area contributed by atoms with Gasteiger partial charge in [-0.2, -0.15) is 0 Å². The lowest BCUT2D eigenvalue weighted by Crippen LogP contribution is -2.36. The summed E-state index contributed by atoms with van der Waals surface area (Å²) in [5.74, 6) is 2.10. The topological polar surface area (TPSA) is 83.1 Å². The van der Waals surface area contributed by atoms with Gasteiger partial charge in [-0.15, -0.1) is 0 Å². The van der Waals surface area contributed by atoms with E-state index >= 15 is 0 Å². The van der Waals surface area contributed by atoms with Crippen molar-refractivity contribution in [2.45, 2.75) is 64.2 Å². The molecule has 0 unspecified atom stereocenters. The molecule has 3 rings (SSSR count). The van der Waals surface area contributed by atoms with Crippen LogP contribution in [0.4, 0.5) is 17.1 Å². The summed E-state index contributed by atoms with van der Waals surface area (Å²) < 4.78 is 3.52. The maximum atomic E-state index is 11.8. The van der Waals surface area contributed by atoms with Gasteiger partial charge < -0.3 is 10.6 Å². The van der Waals surface area contributed by atoms with Crippen LogP contribution in [0.2, 0.25) is 0 Å². The van der Waals surface area contributed by atoms with Crippen LogP contribution in [0.15, 0.2) is 34.1 Å². The van der Waals surface area contributed by atoms with E-state index in [1.807, 2.05) is 11.9 Å². The summed E-state index contributed by atoms with van der Waals surface area (Å²) in [4.78, 5) is 27.6. The van der Waals surface area contributed by atoms with Gasteiger partial charge in [-0.3, -0.25) is 19.3 Å². The summed E-state index contributed by atoms with van der Waals surface area (Å²) in [7, 11) is 0. The molecule has 1 aliphatic carbocycles. The van der Waals surface area contributed by atoms with Crippen LogP contribution in [0.3, 0.4) is 0 Å². The molecule has 30 heavy (non-hydrogen) atoms. The maximum Gasteiger partial charge on any atom is 0.253 e. The monoisotopic (exact) mass is 430 g/mol. The van der Waals surface area contributed by atoms with Gasteiger partial charge in [0.25, 0.3) is 10.9 Å². The second kappa shape index (κ2) is 12.7. The maximum absolute atomic E-state index is 11.8. The molecule has 164 valence electrons. The molecular weight excluding hydrogens is 396 g/mol. The van der Waals surface area contributed by atoms with E-state index in [-0.39, 0.29) is 0 Å². The van der Waals surface area contributed by atoms with Gasteiger partial charge in [0.1, 0.15) is 11.4 Å². The van der Waals surface area contributed by atoms with Crippen molar-refractivity contribution in [2.75, 3.05) is 29.5 Å². The van der Waals surface area contributed by atoms with Crippen LogP contribution in [0.25, 0.3) is 0 Å². The smallest absolute Gasteiger partial charge is 0.253 e. The van der Waals surface area contributed by atoms with Crippen LogP contribution in [0, 0.1) is 5.92 Å². The Bertz CT molecular complexity index is 814. The van der Waals surface area contributed by atoms with Crippen LogP contribution in [-0.2, 0) is 0 Å². The van der Waals surface area contributed by atoms with Gasteiger partial charge in [-0.1, -0.05) is 56.9 Å². The number of anilines is 3. The highest BCUT2D eigenvalue weighted by Crippen LogP contribution is 2.26. The minimum Gasteiger partial charge on any atom is -0.380 e. The Balaban J connectivity index is 1.20. The molecule has 0 amide bonds. The van der Waals surface area contributed by atoms with Crippen molar-refractivity contribution >= 4 is 29.0 Å². The molecule has 1 saturated carbocycles. The van der Waals surface area contributed by atoms with Crippen molar-refractivity contribution in [3.63, 3.8) is 0 Å². The fourth-order valence-corrected chi connectivity index (χ4v) is 4.76. The van der Waals surface area contributed by atoms with Gasteiger partial charge in [-0.05, 0) is 37.3 Å². The zero-order valence-corrected chi connectivity index (χ0v) is 18.6. The molecule has 0 atom stereocenters. The molecule has 1 aromatic heterocycles. The van der Waals surface area contributed by atoms with Crippen molar-refractivity contribution in [3.05, 3.63) is 45.0 Å². The summed E-state index contributed by atoms with van der Waals surface area (Å²) in [6.45, 7) is 1.85. The zero-order valence-electron chi connectivity index (χ0n) is 17.8. The highest BCUT2D eigenvalue weighted by atomic mass is 32.2. The first-order valence-electron chi connectivity index (χ1n) is 11.3. The quantitative estimate of drug-likeness (QED) is 0.229. The minimum atomic E-state index is -0.456. The van der Waals surface area contributed by atoms with E-state index in [1.54, 1.807) is 24.5 Å². The van der Waals surface area contributed by atoms with Crippen molar-refractivity contribution in [2.24, 2.45) is 5.92 Å².